The zero-order valence-electron chi connectivity index (χ0n) is 9.49. The first kappa shape index (κ1) is 11.0. The highest BCUT2D eigenvalue weighted by atomic mass is 16.5. The van der Waals surface area contributed by atoms with Gasteiger partial charge in [0.1, 0.15) is 6.10 Å². The third-order valence-corrected chi connectivity index (χ3v) is 2.93. The summed E-state index contributed by atoms with van der Waals surface area (Å²) >= 11 is 0. The minimum absolute atomic E-state index is 0.0439. The van der Waals surface area contributed by atoms with E-state index in [-0.39, 0.29) is 18.1 Å². The van der Waals surface area contributed by atoms with Crippen LogP contribution in [0.15, 0.2) is 18.2 Å². The van der Waals surface area contributed by atoms with E-state index in [4.69, 9.17) is 10.5 Å². The number of nitrogen functional groups attached to an aromatic ring is 1. The maximum absolute atomic E-state index is 11.0. The maximum atomic E-state index is 11.0. The number of nitrogens with two attached hydrogens (primary N) is 1. The van der Waals surface area contributed by atoms with E-state index >= 15 is 0 Å². The van der Waals surface area contributed by atoms with E-state index in [1.165, 1.54) is 12.5 Å². The van der Waals surface area contributed by atoms with E-state index in [0.717, 1.165) is 17.7 Å². The fourth-order valence-electron chi connectivity index (χ4n) is 2.29. The molecule has 1 aliphatic rings. The summed E-state index contributed by atoms with van der Waals surface area (Å²) in [4.78, 5) is 11.0. The van der Waals surface area contributed by atoms with Crippen LogP contribution < -0.4 is 11.1 Å². The summed E-state index contributed by atoms with van der Waals surface area (Å²) in [6, 6.07) is 5.86. The highest BCUT2D eigenvalue weighted by molar-refractivity contribution is 5.66. The molecule has 4 heteroatoms. The highest BCUT2D eigenvalue weighted by Gasteiger charge is 2.33. The smallest absolute Gasteiger partial charge is 0.302 e. The van der Waals surface area contributed by atoms with Crippen LogP contribution in [0.5, 0.6) is 0 Å². The Morgan fingerprint density at radius 2 is 2.31 bits per heavy atom. The van der Waals surface area contributed by atoms with E-state index < -0.39 is 0 Å². The first-order chi connectivity index (χ1) is 7.61. The zero-order chi connectivity index (χ0) is 11.7. The number of fused-ring (bicyclic) bond motifs is 1. The first-order valence-corrected chi connectivity index (χ1v) is 5.34. The van der Waals surface area contributed by atoms with Gasteiger partial charge < -0.3 is 15.8 Å². The molecule has 0 fully saturated rings. The number of likely N-dealkylation sites (N-methyl/N-ethyl adjacent to an activating group) is 1. The Bertz CT molecular complexity index is 417. The van der Waals surface area contributed by atoms with Crippen molar-refractivity contribution in [3.05, 3.63) is 29.3 Å². The molecule has 0 radical (unpaired) electrons. The molecule has 86 valence electrons. The number of carbonyl (C=O) groups excluding carboxylic acids is 1. The molecular weight excluding hydrogens is 204 g/mol. The minimum Gasteiger partial charge on any atom is -0.460 e. The Kier molecular flexibility index (Phi) is 2.83. The lowest BCUT2D eigenvalue weighted by molar-refractivity contribution is -0.147. The molecule has 4 nitrogen and oxygen atoms in total. The second kappa shape index (κ2) is 4.14. The van der Waals surface area contributed by atoms with Crippen molar-refractivity contribution in [2.45, 2.75) is 25.5 Å². The molecule has 16 heavy (non-hydrogen) atoms. The molecular formula is C12H16N2O2. The number of nitrogens with one attached hydrogen (secondary N) is 1. The number of anilines is 1. The minimum atomic E-state index is -0.244. The van der Waals surface area contributed by atoms with Crippen molar-refractivity contribution in [3.8, 4) is 0 Å². The van der Waals surface area contributed by atoms with Crippen molar-refractivity contribution in [1.82, 2.24) is 5.32 Å². The van der Waals surface area contributed by atoms with Gasteiger partial charge in [0, 0.05) is 19.0 Å². The van der Waals surface area contributed by atoms with Gasteiger partial charge in [0.05, 0.1) is 6.04 Å². The van der Waals surface area contributed by atoms with Gasteiger partial charge in [0.2, 0.25) is 0 Å². The van der Waals surface area contributed by atoms with Crippen LogP contribution in [0.25, 0.3) is 0 Å². The lowest BCUT2D eigenvalue weighted by atomic mass is 10.1. The molecule has 0 spiro atoms. The van der Waals surface area contributed by atoms with Crippen LogP contribution >= 0.6 is 0 Å². The summed E-state index contributed by atoms with van der Waals surface area (Å²) in [6.45, 7) is 1.43. The lowest BCUT2D eigenvalue weighted by Gasteiger charge is -2.19. The first-order valence-electron chi connectivity index (χ1n) is 5.34. The lowest BCUT2D eigenvalue weighted by Crippen LogP contribution is -2.29. The van der Waals surface area contributed by atoms with Gasteiger partial charge in [-0.2, -0.15) is 0 Å². The van der Waals surface area contributed by atoms with Crippen molar-refractivity contribution < 1.29 is 9.53 Å². The predicted octanol–water partition coefficient (Wildman–Crippen LogP) is 1.02. The number of hydrogen-bond acceptors (Lipinski definition) is 4. The van der Waals surface area contributed by atoms with Crippen LogP contribution in [-0.4, -0.2) is 19.1 Å². The van der Waals surface area contributed by atoms with Crippen LogP contribution in [-0.2, 0) is 16.0 Å². The second-order valence-corrected chi connectivity index (χ2v) is 4.08. The molecule has 1 aromatic carbocycles. The zero-order valence-corrected chi connectivity index (χ0v) is 9.49. The second-order valence-electron chi connectivity index (χ2n) is 4.08. The van der Waals surface area contributed by atoms with E-state index in [9.17, 15) is 4.79 Å². The Labute approximate surface area is 94.8 Å². The van der Waals surface area contributed by atoms with Crippen molar-refractivity contribution in [2.75, 3.05) is 12.8 Å². The largest absolute Gasteiger partial charge is 0.460 e. The molecule has 0 heterocycles. The van der Waals surface area contributed by atoms with Gasteiger partial charge in [-0.1, -0.05) is 6.07 Å². The maximum Gasteiger partial charge on any atom is 0.302 e. The van der Waals surface area contributed by atoms with Gasteiger partial charge in [-0.25, -0.2) is 0 Å². The molecule has 0 aliphatic heterocycles. The van der Waals surface area contributed by atoms with E-state index in [1.807, 2.05) is 25.2 Å². The van der Waals surface area contributed by atoms with E-state index in [1.54, 1.807) is 0 Å². The molecule has 1 aromatic rings. The number of esters is 1. The van der Waals surface area contributed by atoms with Crippen LogP contribution in [0.3, 0.4) is 0 Å². The molecule has 2 atom stereocenters. The average molecular weight is 220 g/mol. The summed E-state index contributed by atoms with van der Waals surface area (Å²) < 4.78 is 5.29. The van der Waals surface area contributed by atoms with Gasteiger partial charge >= 0.3 is 5.97 Å². The summed E-state index contributed by atoms with van der Waals surface area (Å²) in [6.07, 6.45) is 0.625. The topological polar surface area (TPSA) is 64.3 Å². The predicted molar refractivity (Wildman–Crippen MR) is 61.9 cm³/mol. The monoisotopic (exact) mass is 220 g/mol. The standard InChI is InChI=1S/C12H16N2O2/c1-7(15)16-11-5-8-3-4-9(13)6-10(8)12(11)14-2/h3-4,6,11-12,14H,5,13H2,1-2H3/t11-,12-/m1/s1. The number of benzene rings is 1. The van der Waals surface area contributed by atoms with Gasteiger partial charge in [-0.05, 0) is 30.3 Å². The van der Waals surface area contributed by atoms with E-state index in [2.05, 4.69) is 5.32 Å². The van der Waals surface area contributed by atoms with Crippen molar-refractivity contribution >= 4 is 11.7 Å². The summed E-state index contributed by atoms with van der Waals surface area (Å²) in [5, 5.41) is 3.17. The normalized spacial score (nSPS) is 22.9. The van der Waals surface area contributed by atoms with Crippen LogP contribution in [0, 0.1) is 0 Å². The summed E-state index contributed by atoms with van der Waals surface area (Å²) in [5.41, 5.74) is 8.82. The van der Waals surface area contributed by atoms with Crippen LogP contribution in [0.2, 0.25) is 0 Å². The highest BCUT2D eigenvalue weighted by Crippen LogP contribution is 2.34. The van der Waals surface area contributed by atoms with Gasteiger partial charge in [-0.15, -0.1) is 0 Å². The number of hydrogen-bond donors (Lipinski definition) is 2. The fraction of sp³-hybridized carbons (Fsp3) is 0.417. The van der Waals surface area contributed by atoms with Gasteiger partial charge in [-0.3, -0.25) is 4.79 Å². The van der Waals surface area contributed by atoms with Crippen LogP contribution in [0.4, 0.5) is 5.69 Å². The SMILES string of the molecule is CN[C@@H]1c2cc(N)ccc2C[C@H]1OC(C)=O. The fourth-order valence-corrected chi connectivity index (χ4v) is 2.29. The van der Waals surface area contributed by atoms with Crippen LogP contribution in [0.1, 0.15) is 24.1 Å². The molecule has 0 saturated heterocycles. The average Bonchev–Trinajstić information content (AvgIpc) is 2.53. The molecule has 0 aromatic heterocycles. The third kappa shape index (κ3) is 1.88. The third-order valence-electron chi connectivity index (χ3n) is 2.93. The molecule has 0 saturated carbocycles. The molecule has 2 rings (SSSR count). The van der Waals surface area contributed by atoms with Gasteiger partial charge in [0.15, 0.2) is 0 Å². The molecule has 1 aliphatic carbocycles. The Morgan fingerprint density at radius 3 is 2.94 bits per heavy atom. The quantitative estimate of drug-likeness (QED) is 0.577. The molecule has 0 amide bonds. The van der Waals surface area contributed by atoms with Crippen molar-refractivity contribution in [3.63, 3.8) is 0 Å². The number of carbonyl (C=O) groups is 1. The van der Waals surface area contributed by atoms with Crippen molar-refractivity contribution in [2.24, 2.45) is 0 Å². The molecule has 0 unspecified atom stereocenters. The number of ether oxygens (including phenoxy) is 1. The summed E-state index contributed by atoms with van der Waals surface area (Å²) in [5.74, 6) is -0.244. The summed E-state index contributed by atoms with van der Waals surface area (Å²) in [7, 11) is 1.86. The van der Waals surface area contributed by atoms with E-state index in [0.29, 0.717) is 0 Å². The Balaban J connectivity index is 2.29. The Morgan fingerprint density at radius 1 is 1.56 bits per heavy atom. The molecule has 3 N–H and O–H groups in total. The number of rotatable bonds is 2. The van der Waals surface area contributed by atoms with Crippen molar-refractivity contribution in [1.29, 1.82) is 0 Å². The molecule has 0 bridgehead atoms. The Hall–Kier alpha value is -1.55. The van der Waals surface area contributed by atoms with Gasteiger partial charge in [0.25, 0.3) is 0 Å².